The minimum absolute atomic E-state index is 0. The largest absolute Gasteiger partial charge is 0.640 e. The van der Waals surface area contributed by atoms with Crippen LogP contribution in [-0.4, -0.2) is 56.2 Å². The first-order valence-corrected chi connectivity index (χ1v) is 14.2. The minimum atomic E-state index is -0.964. The van der Waals surface area contributed by atoms with Gasteiger partial charge in [-0.1, -0.05) is 71.7 Å². The zero-order chi connectivity index (χ0) is 38.7. The van der Waals surface area contributed by atoms with Crippen molar-refractivity contribution >= 4 is 35.8 Å². The summed E-state index contributed by atoms with van der Waals surface area (Å²) in [6.45, 7) is 21.4. The van der Waals surface area contributed by atoms with Crippen molar-refractivity contribution in [3.05, 3.63) is 64.9 Å². The second-order valence-corrected chi connectivity index (χ2v) is 12.4. The van der Waals surface area contributed by atoms with E-state index in [9.17, 15) is 0 Å². The van der Waals surface area contributed by atoms with Gasteiger partial charge in [-0.3, -0.25) is 0 Å². The predicted molar refractivity (Wildman–Crippen MR) is 175 cm³/mol. The average Bonchev–Trinajstić information content (AvgIpc) is 3.70. The first-order chi connectivity index (χ1) is 22.7. The van der Waals surface area contributed by atoms with Crippen molar-refractivity contribution in [2.24, 2.45) is 0 Å². The fourth-order valence-electron chi connectivity index (χ4n) is 3.15. The van der Waals surface area contributed by atoms with Crippen molar-refractivity contribution in [3.63, 3.8) is 0 Å². The van der Waals surface area contributed by atoms with Gasteiger partial charge in [0.2, 0.25) is 0 Å². The molecule has 3 aliphatic heterocycles. The summed E-state index contributed by atoms with van der Waals surface area (Å²) in [6, 6.07) is -3.16. The minimum Gasteiger partial charge on any atom is -0.399 e. The summed E-state index contributed by atoms with van der Waals surface area (Å²) in [7, 11) is -1.49. The van der Waals surface area contributed by atoms with Crippen molar-refractivity contribution in [2.45, 2.75) is 118 Å². The van der Waals surface area contributed by atoms with E-state index in [4.69, 9.17) is 41.7 Å². The lowest BCUT2D eigenvalue weighted by Crippen LogP contribution is -2.41. The van der Waals surface area contributed by atoms with E-state index in [1.165, 1.54) is 12.8 Å². The highest BCUT2D eigenvalue weighted by atomic mass is 79.9. The molecule has 0 saturated carbocycles. The van der Waals surface area contributed by atoms with Crippen LogP contribution in [-0.2, 0) is 28.0 Å². The second kappa shape index (κ2) is 16.6. The molecule has 0 N–H and O–H groups in total. The average molecular weight is 645 g/mol. The van der Waals surface area contributed by atoms with Gasteiger partial charge in [0, 0.05) is 23.8 Å². The Morgan fingerprint density at radius 1 is 0.707 bits per heavy atom. The Morgan fingerprint density at radius 3 is 1.46 bits per heavy atom. The molecule has 0 atom stereocenters. The lowest BCUT2D eigenvalue weighted by Gasteiger charge is -2.32. The van der Waals surface area contributed by atoms with E-state index >= 15 is 0 Å². The van der Waals surface area contributed by atoms with Gasteiger partial charge in [-0.05, 0) is 99.6 Å². The fourth-order valence-corrected chi connectivity index (χ4v) is 3.35. The van der Waals surface area contributed by atoms with Crippen LogP contribution in [0.3, 0.4) is 0 Å². The molecule has 5 rings (SSSR count). The fraction of sp³-hybridized carbons (Fsp3) is 0.625. The maximum absolute atomic E-state index is 7.93. The van der Waals surface area contributed by atoms with E-state index in [1.807, 2.05) is 69.2 Å². The highest BCUT2D eigenvalue weighted by Gasteiger charge is 2.53. The lowest BCUT2D eigenvalue weighted by molar-refractivity contribution is 0.00578. The van der Waals surface area contributed by atoms with Crippen molar-refractivity contribution in [2.75, 3.05) is 13.2 Å². The lowest BCUT2D eigenvalue weighted by atomic mass is 9.79. The van der Waals surface area contributed by atoms with Crippen LogP contribution in [0.2, 0.25) is 0 Å². The zero-order valence-corrected chi connectivity index (χ0v) is 27.0. The molecule has 3 heterocycles. The first kappa shape index (κ1) is 24.2. The van der Waals surface area contributed by atoms with E-state index in [-0.39, 0.29) is 89.1 Å². The summed E-state index contributed by atoms with van der Waals surface area (Å²) < 4.78 is 108. The summed E-state index contributed by atoms with van der Waals surface area (Å²) in [6.07, 6.45) is 2.68. The van der Waals surface area contributed by atoms with Gasteiger partial charge < -0.3 is 28.0 Å². The van der Waals surface area contributed by atoms with Crippen LogP contribution in [0.4, 0.5) is 0 Å². The van der Waals surface area contributed by atoms with Gasteiger partial charge in [0.25, 0.3) is 0 Å². The van der Waals surface area contributed by atoms with Crippen LogP contribution >= 0.6 is 15.9 Å². The third-order valence-electron chi connectivity index (χ3n) is 6.92. The first-order valence-electron chi connectivity index (χ1n) is 18.4. The van der Waals surface area contributed by atoms with Crippen LogP contribution < -0.4 is 5.46 Å². The van der Waals surface area contributed by atoms with E-state index in [1.54, 1.807) is 0 Å². The van der Waals surface area contributed by atoms with Crippen molar-refractivity contribution < 1.29 is 41.7 Å². The topological polar surface area (TPSA) is 55.4 Å². The van der Waals surface area contributed by atoms with Gasteiger partial charge in [-0.15, -0.1) is 0 Å². The Bertz CT molecular complexity index is 1340. The number of hydrogen-bond donors (Lipinski definition) is 0. The standard InChI is InChI=1S/C12H17BO2.C9H19BO3.C6H5Br.C4H8O.CH4/c1-11(2)12(3,4)15-13(14-11)10-8-6-5-7-9-10;1-7(2)11-10-12-8(3,4)9(5,6)13-10;7-6-4-2-1-3-5-6;1-2-4-5-3-1;/h5-9H,1-4H3;7H,1-6H3;1-5H;1-4H2;1H4/i5D,6D,7D,8D,9D;;1D,2D,3D,4D,5D;;. The Morgan fingerprint density at radius 2 is 1.10 bits per heavy atom. The van der Waals surface area contributed by atoms with Gasteiger partial charge in [0.1, 0.15) is 0 Å². The molecule has 0 radical (unpaired) electrons. The molecule has 0 unspecified atom stereocenters. The molecule has 0 bridgehead atoms. The van der Waals surface area contributed by atoms with Crippen molar-refractivity contribution in [3.8, 4) is 0 Å². The third kappa shape index (κ3) is 12.1. The van der Waals surface area contributed by atoms with E-state index in [0.717, 1.165) is 13.2 Å². The molecule has 230 valence electrons. The van der Waals surface area contributed by atoms with Crippen LogP contribution in [0.5, 0.6) is 0 Å². The number of ether oxygens (including phenoxy) is 1. The summed E-state index contributed by atoms with van der Waals surface area (Å²) in [5.41, 5.74) is -1.80. The molecule has 0 aliphatic carbocycles. The molecule has 41 heavy (non-hydrogen) atoms. The maximum Gasteiger partial charge on any atom is 0.640 e. The molecule has 6 nitrogen and oxygen atoms in total. The summed E-state index contributed by atoms with van der Waals surface area (Å²) >= 11 is 2.92. The van der Waals surface area contributed by atoms with E-state index in [0.29, 0.717) is 0 Å². The Labute approximate surface area is 273 Å². The maximum atomic E-state index is 7.93. The zero-order valence-electron chi connectivity index (χ0n) is 35.4. The highest BCUT2D eigenvalue weighted by molar-refractivity contribution is 9.10. The SMILES string of the molecule is C.C1CCOC1.CC(C)OB1OC(C)(C)C(C)(C)O1.[2H]c1c([2H])c([2H])c(B2OC(C)(C)C(C)(C)O2)c([2H])c1[2H].[2H]c1c([2H])c([2H])c(Br)c([2H])c1[2H]. The van der Waals surface area contributed by atoms with Crippen molar-refractivity contribution in [1.82, 2.24) is 0 Å². The van der Waals surface area contributed by atoms with Crippen LogP contribution in [0.25, 0.3) is 0 Å². The molecular weight excluding hydrogens is 582 g/mol. The van der Waals surface area contributed by atoms with E-state index < -0.39 is 31.7 Å². The number of benzene rings is 2. The normalized spacial score (nSPS) is 24.4. The van der Waals surface area contributed by atoms with Gasteiger partial charge >= 0.3 is 14.4 Å². The quantitative estimate of drug-likeness (QED) is 0.317. The summed E-state index contributed by atoms with van der Waals surface area (Å²) in [5, 5.41) is 0. The van der Waals surface area contributed by atoms with Gasteiger partial charge in [-0.2, -0.15) is 0 Å². The summed E-state index contributed by atoms with van der Waals surface area (Å²) in [4.78, 5) is 0. The molecule has 9 heteroatoms. The van der Waals surface area contributed by atoms with Crippen LogP contribution in [0.15, 0.2) is 64.9 Å². The smallest absolute Gasteiger partial charge is 0.399 e. The molecule has 3 saturated heterocycles. The van der Waals surface area contributed by atoms with Crippen LogP contribution in [0.1, 0.15) is 103 Å². The van der Waals surface area contributed by atoms with E-state index in [2.05, 4.69) is 15.9 Å². The third-order valence-corrected chi connectivity index (χ3v) is 7.32. The molecule has 3 fully saturated rings. The predicted octanol–water partition coefficient (Wildman–Crippen LogP) is 7.87. The molecule has 2 aromatic carbocycles. The van der Waals surface area contributed by atoms with Crippen molar-refractivity contribution in [1.29, 1.82) is 0 Å². The molecule has 0 spiro atoms. The molecule has 3 aliphatic rings. The van der Waals surface area contributed by atoms with Crippen LogP contribution in [0, 0.1) is 0 Å². The Hall–Kier alpha value is -1.19. The molecule has 0 amide bonds. The highest BCUT2D eigenvalue weighted by Crippen LogP contribution is 2.37. The number of hydrogen-bond acceptors (Lipinski definition) is 6. The van der Waals surface area contributed by atoms with Gasteiger partial charge in [0.15, 0.2) is 0 Å². The summed E-state index contributed by atoms with van der Waals surface area (Å²) in [5.74, 6) is 0. The number of rotatable bonds is 3. The Balaban J connectivity index is 0.000000366. The monoisotopic (exact) mass is 644 g/mol. The second-order valence-electron chi connectivity index (χ2n) is 11.6. The molecule has 2 aromatic rings. The Kier molecular flexibility index (Phi) is 9.79. The number of halogens is 1. The molecular formula is C32H53B2BrO6. The molecule has 0 aromatic heterocycles. The van der Waals surface area contributed by atoms with Gasteiger partial charge in [-0.25, -0.2) is 0 Å². The van der Waals surface area contributed by atoms with Gasteiger partial charge in [0.05, 0.1) is 36.1 Å².